The number of aliphatic imine (C=N–C) groups is 1. The first-order valence-corrected chi connectivity index (χ1v) is 6.10. The second kappa shape index (κ2) is 4.55. The normalized spacial score (nSPS) is 15.7. The average molecular weight is 312 g/mol. The lowest BCUT2D eigenvalue weighted by Gasteiger charge is -2.07. The molecule has 3 N–H and O–H groups in total. The molecule has 0 aromatic carbocycles. The summed E-state index contributed by atoms with van der Waals surface area (Å²) in [5.41, 5.74) is 0.0319. The summed E-state index contributed by atoms with van der Waals surface area (Å²) in [5.74, 6) is -0.00263. The van der Waals surface area contributed by atoms with Crippen LogP contribution >= 0.6 is 12.2 Å². The Balaban J connectivity index is 2.09. The molecule has 0 amide bonds. The van der Waals surface area contributed by atoms with Crippen molar-refractivity contribution in [2.24, 2.45) is 4.99 Å². The standard InChI is InChI=1S/C12H7F3N4OS/c13-12(14,15)6-2-7-5(3-16-9(7)17-4-6)1-8-10(20)19-11(21)18-8/h1-4,20H,(H2,18,19,21)/b5-1+. The molecule has 0 saturated heterocycles. The molecule has 0 saturated carbocycles. The highest BCUT2D eigenvalue weighted by Gasteiger charge is 2.32. The molecule has 0 bridgehead atoms. The maximum Gasteiger partial charge on any atom is 0.417 e. The van der Waals surface area contributed by atoms with Crippen LogP contribution in [0.25, 0.3) is 11.6 Å². The minimum Gasteiger partial charge on any atom is -0.493 e. The van der Waals surface area contributed by atoms with Crippen molar-refractivity contribution in [3.8, 4) is 5.88 Å². The summed E-state index contributed by atoms with van der Waals surface area (Å²) in [6.07, 6.45) is -0.924. The van der Waals surface area contributed by atoms with E-state index in [1.807, 2.05) is 0 Å². The molecule has 1 aliphatic heterocycles. The van der Waals surface area contributed by atoms with Gasteiger partial charge in [0, 0.05) is 23.5 Å². The van der Waals surface area contributed by atoms with Crippen LogP contribution < -0.4 is 0 Å². The summed E-state index contributed by atoms with van der Waals surface area (Å²) in [5, 5.41) is 9.59. The summed E-state index contributed by atoms with van der Waals surface area (Å²) in [7, 11) is 0. The highest BCUT2D eigenvalue weighted by molar-refractivity contribution is 7.71. The van der Waals surface area contributed by atoms with E-state index in [4.69, 9.17) is 12.2 Å². The van der Waals surface area contributed by atoms with Gasteiger partial charge in [0.2, 0.25) is 5.88 Å². The molecule has 0 fully saturated rings. The number of aromatic amines is 2. The first kappa shape index (κ1) is 13.6. The summed E-state index contributed by atoms with van der Waals surface area (Å²) < 4.78 is 38.3. The van der Waals surface area contributed by atoms with Crippen molar-refractivity contribution >= 4 is 35.9 Å². The summed E-state index contributed by atoms with van der Waals surface area (Å²) in [4.78, 5) is 12.8. The van der Waals surface area contributed by atoms with Gasteiger partial charge in [-0.05, 0) is 24.4 Å². The number of alkyl halides is 3. The number of hydrogen-bond acceptors (Lipinski definition) is 4. The van der Waals surface area contributed by atoms with Crippen molar-refractivity contribution in [1.29, 1.82) is 0 Å². The summed E-state index contributed by atoms with van der Waals surface area (Å²) in [6, 6.07) is 0.972. The number of pyridine rings is 1. The Labute approximate surface area is 120 Å². The molecule has 0 aliphatic carbocycles. The van der Waals surface area contributed by atoms with Crippen LogP contribution in [0.15, 0.2) is 17.3 Å². The number of fused-ring (bicyclic) bond motifs is 1. The third kappa shape index (κ3) is 2.47. The van der Waals surface area contributed by atoms with Crippen LogP contribution in [0, 0.1) is 4.77 Å². The lowest BCUT2D eigenvalue weighted by atomic mass is 10.1. The maximum absolute atomic E-state index is 12.7. The fourth-order valence-corrected chi connectivity index (χ4v) is 2.10. The fraction of sp³-hybridized carbons (Fsp3) is 0.0833. The first-order chi connectivity index (χ1) is 9.84. The monoisotopic (exact) mass is 312 g/mol. The van der Waals surface area contributed by atoms with Crippen molar-refractivity contribution in [2.75, 3.05) is 0 Å². The second-order valence-corrected chi connectivity index (χ2v) is 4.70. The number of halogens is 3. The molecule has 3 heterocycles. The number of nitrogens with one attached hydrogen (secondary N) is 2. The van der Waals surface area contributed by atoms with Crippen LogP contribution in [0.4, 0.5) is 19.0 Å². The molecule has 5 nitrogen and oxygen atoms in total. The van der Waals surface area contributed by atoms with Crippen molar-refractivity contribution in [3.05, 3.63) is 33.9 Å². The topological polar surface area (TPSA) is 77.1 Å². The molecule has 2 aromatic rings. The molecule has 3 rings (SSSR count). The Hall–Kier alpha value is -2.42. The van der Waals surface area contributed by atoms with Gasteiger partial charge in [0.05, 0.1) is 5.56 Å². The minimum atomic E-state index is -4.48. The number of imidazole rings is 1. The van der Waals surface area contributed by atoms with Gasteiger partial charge in [-0.2, -0.15) is 13.2 Å². The number of aromatic hydroxyl groups is 1. The third-order valence-electron chi connectivity index (χ3n) is 2.87. The van der Waals surface area contributed by atoms with Gasteiger partial charge in [-0.15, -0.1) is 0 Å². The zero-order chi connectivity index (χ0) is 15.2. The molecule has 0 radical (unpaired) electrons. The second-order valence-electron chi connectivity index (χ2n) is 4.29. The highest BCUT2D eigenvalue weighted by Crippen LogP contribution is 2.36. The van der Waals surface area contributed by atoms with E-state index >= 15 is 0 Å². The predicted molar refractivity (Wildman–Crippen MR) is 72.9 cm³/mol. The lowest BCUT2D eigenvalue weighted by molar-refractivity contribution is -0.137. The van der Waals surface area contributed by atoms with Gasteiger partial charge in [0.25, 0.3) is 0 Å². The zero-order valence-corrected chi connectivity index (χ0v) is 11.0. The number of aromatic nitrogens is 3. The largest absolute Gasteiger partial charge is 0.493 e. The van der Waals surface area contributed by atoms with Gasteiger partial charge in [-0.25, -0.2) is 9.98 Å². The van der Waals surface area contributed by atoms with Crippen LogP contribution in [0.5, 0.6) is 5.88 Å². The smallest absolute Gasteiger partial charge is 0.417 e. The van der Waals surface area contributed by atoms with E-state index in [1.165, 1.54) is 12.3 Å². The molecule has 1 aliphatic rings. The van der Waals surface area contributed by atoms with Gasteiger partial charge in [-0.1, -0.05) is 0 Å². The van der Waals surface area contributed by atoms with Gasteiger partial charge >= 0.3 is 6.18 Å². The number of allylic oxidation sites excluding steroid dienone is 1. The molecule has 2 aromatic heterocycles. The Kier molecular flexibility index (Phi) is 2.94. The van der Waals surface area contributed by atoms with Crippen molar-refractivity contribution < 1.29 is 18.3 Å². The lowest BCUT2D eigenvalue weighted by Crippen LogP contribution is -2.05. The Morgan fingerprint density at radius 2 is 2.05 bits per heavy atom. The predicted octanol–water partition coefficient (Wildman–Crippen LogP) is 3.45. The number of hydrogen-bond donors (Lipinski definition) is 3. The summed E-state index contributed by atoms with van der Waals surface area (Å²) >= 11 is 4.81. The molecule has 9 heteroatoms. The van der Waals surface area contributed by atoms with Gasteiger partial charge < -0.3 is 15.1 Å². The average Bonchev–Trinajstić information content (AvgIpc) is 2.93. The van der Waals surface area contributed by atoms with Crippen molar-refractivity contribution in [3.63, 3.8) is 0 Å². The minimum absolute atomic E-state index is 0.197. The van der Waals surface area contributed by atoms with Crippen LogP contribution in [-0.2, 0) is 6.18 Å². The molecule has 0 spiro atoms. The van der Waals surface area contributed by atoms with Gasteiger partial charge in [-0.3, -0.25) is 0 Å². The number of rotatable bonds is 1. The quantitative estimate of drug-likeness (QED) is 0.706. The number of H-pyrrole nitrogens is 2. The summed E-state index contributed by atoms with van der Waals surface area (Å²) in [6.45, 7) is 0. The van der Waals surface area contributed by atoms with E-state index in [1.54, 1.807) is 0 Å². The van der Waals surface area contributed by atoms with E-state index in [2.05, 4.69) is 19.9 Å². The van der Waals surface area contributed by atoms with E-state index in [9.17, 15) is 18.3 Å². The van der Waals surface area contributed by atoms with Gasteiger partial charge in [0.1, 0.15) is 5.69 Å². The van der Waals surface area contributed by atoms with Crippen LogP contribution in [0.1, 0.15) is 16.8 Å². The van der Waals surface area contributed by atoms with Crippen molar-refractivity contribution in [2.45, 2.75) is 6.18 Å². The SMILES string of the molecule is Oc1[nH]c(=S)[nH]c1/C=C1\C=Nc2ncc(C(F)(F)F)cc21. The Morgan fingerprint density at radius 1 is 1.29 bits per heavy atom. The van der Waals surface area contributed by atoms with Crippen LogP contribution in [0.2, 0.25) is 0 Å². The molecule has 0 atom stereocenters. The van der Waals surface area contributed by atoms with Gasteiger partial charge in [0.15, 0.2) is 10.6 Å². The number of nitrogens with zero attached hydrogens (tertiary/aromatic N) is 2. The zero-order valence-electron chi connectivity index (χ0n) is 10.2. The van der Waals surface area contributed by atoms with Crippen LogP contribution in [-0.4, -0.2) is 26.3 Å². The van der Waals surface area contributed by atoms with Crippen molar-refractivity contribution in [1.82, 2.24) is 15.0 Å². The molecule has 0 unspecified atom stereocenters. The molecule has 108 valence electrons. The van der Waals surface area contributed by atoms with E-state index in [0.29, 0.717) is 5.57 Å². The Morgan fingerprint density at radius 3 is 2.67 bits per heavy atom. The van der Waals surface area contributed by atoms with E-state index < -0.39 is 11.7 Å². The molecule has 21 heavy (non-hydrogen) atoms. The van der Waals surface area contributed by atoms with E-state index in [-0.39, 0.29) is 27.7 Å². The first-order valence-electron chi connectivity index (χ1n) is 5.69. The molecular weight excluding hydrogens is 305 g/mol. The highest BCUT2D eigenvalue weighted by atomic mass is 32.1. The van der Waals surface area contributed by atoms with Crippen LogP contribution in [0.3, 0.4) is 0 Å². The third-order valence-corrected chi connectivity index (χ3v) is 3.07. The van der Waals surface area contributed by atoms with E-state index in [0.717, 1.165) is 12.3 Å². The Bertz CT molecular complexity index is 832. The molecular formula is C12H7F3N4OS. The fourth-order valence-electron chi connectivity index (χ4n) is 1.89. The maximum atomic E-state index is 12.7.